The molecule has 2 fully saturated rings. The van der Waals surface area contributed by atoms with E-state index in [1.807, 2.05) is 18.2 Å². The molecule has 0 radical (unpaired) electrons. The van der Waals surface area contributed by atoms with Crippen molar-refractivity contribution in [2.75, 3.05) is 18.8 Å². The number of halogens is 1. The number of nitrogens with two attached hydrogens (primary N) is 1. The topological polar surface area (TPSA) is 98.6 Å². The maximum absolute atomic E-state index is 15.5. The van der Waals surface area contributed by atoms with E-state index in [1.54, 1.807) is 40.8 Å². The van der Waals surface area contributed by atoms with Crippen LogP contribution >= 0.6 is 0 Å². The maximum atomic E-state index is 15.5. The molecule has 1 saturated heterocycles. The van der Waals surface area contributed by atoms with E-state index in [0.717, 1.165) is 24.1 Å². The first-order valence-electron chi connectivity index (χ1n) is 12.8. The number of rotatable bonds is 5. The van der Waals surface area contributed by atoms with Gasteiger partial charge in [-0.15, -0.1) is 0 Å². The summed E-state index contributed by atoms with van der Waals surface area (Å²) in [6.45, 7) is 2.79. The third kappa shape index (κ3) is 4.54. The summed E-state index contributed by atoms with van der Waals surface area (Å²) in [7, 11) is 0. The van der Waals surface area contributed by atoms with Gasteiger partial charge in [0, 0.05) is 43.5 Å². The Morgan fingerprint density at radius 1 is 1.11 bits per heavy atom. The van der Waals surface area contributed by atoms with E-state index in [0.29, 0.717) is 36.5 Å². The number of piperidine rings is 1. The van der Waals surface area contributed by atoms with Crippen molar-refractivity contribution in [2.24, 2.45) is 0 Å². The molecule has 1 saturated carbocycles. The van der Waals surface area contributed by atoms with E-state index in [1.165, 1.54) is 24.5 Å². The predicted octanol–water partition coefficient (Wildman–Crippen LogP) is 4.91. The first-order valence-corrected chi connectivity index (χ1v) is 12.8. The summed E-state index contributed by atoms with van der Waals surface area (Å²) in [5.74, 6) is 6.48. The van der Waals surface area contributed by atoms with Crippen LogP contribution in [0, 0.1) is 17.7 Å². The van der Waals surface area contributed by atoms with Crippen LogP contribution in [0.15, 0.2) is 48.8 Å². The van der Waals surface area contributed by atoms with Crippen molar-refractivity contribution in [2.45, 2.75) is 44.4 Å². The number of nitrogen functional groups attached to an aromatic ring is 1. The highest BCUT2D eigenvalue weighted by Gasteiger charge is 2.29. The van der Waals surface area contributed by atoms with Gasteiger partial charge in [0.05, 0.1) is 16.8 Å². The van der Waals surface area contributed by atoms with Gasteiger partial charge in [-0.25, -0.2) is 19.3 Å². The Morgan fingerprint density at radius 3 is 2.74 bits per heavy atom. The zero-order valence-electron chi connectivity index (χ0n) is 21.0. The molecule has 2 aliphatic rings. The van der Waals surface area contributed by atoms with Gasteiger partial charge in [0.15, 0.2) is 5.82 Å². The number of pyridine rings is 1. The normalized spacial score (nSPS) is 17.2. The average molecular weight is 511 g/mol. The van der Waals surface area contributed by atoms with Crippen molar-refractivity contribution in [1.29, 1.82) is 0 Å². The van der Waals surface area contributed by atoms with Crippen molar-refractivity contribution < 1.29 is 13.9 Å². The van der Waals surface area contributed by atoms with Crippen LogP contribution < -0.4 is 10.5 Å². The van der Waals surface area contributed by atoms with Crippen LogP contribution in [-0.2, 0) is 4.79 Å². The van der Waals surface area contributed by atoms with Gasteiger partial charge in [-0.1, -0.05) is 5.92 Å². The smallest absolute Gasteiger partial charge is 0.298 e. The highest BCUT2D eigenvalue weighted by molar-refractivity contribution is 5.93. The van der Waals surface area contributed by atoms with E-state index >= 15 is 4.39 Å². The number of nitrogens with zero attached hydrogens (tertiary/aromatic N) is 5. The Morgan fingerprint density at radius 2 is 1.95 bits per heavy atom. The second-order valence-corrected chi connectivity index (χ2v) is 9.76. The van der Waals surface area contributed by atoms with Crippen LogP contribution in [0.2, 0.25) is 0 Å². The molecule has 1 unspecified atom stereocenters. The Hall–Kier alpha value is -4.45. The molecule has 0 spiro atoms. The Bertz CT molecular complexity index is 1600. The van der Waals surface area contributed by atoms with Crippen LogP contribution in [-0.4, -0.2) is 43.2 Å². The lowest BCUT2D eigenvalue weighted by molar-refractivity contribution is -0.126. The molecule has 1 aliphatic heterocycles. The molecule has 9 heteroatoms. The number of hydrogen-bond acceptors (Lipinski definition) is 6. The van der Waals surface area contributed by atoms with Gasteiger partial charge in [0.1, 0.15) is 11.6 Å². The summed E-state index contributed by atoms with van der Waals surface area (Å²) >= 11 is 0. The lowest BCUT2D eigenvalue weighted by Gasteiger charge is -2.30. The van der Waals surface area contributed by atoms with Crippen LogP contribution in [0.1, 0.15) is 55.7 Å². The number of carbonyl (C=O) groups excluding carboxylic acids is 1. The third-order valence-electron chi connectivity index (χ3n) is 7.15. The number of fused-ring (bicyclic) bond motifs is 1. The molecule has 4 heterocycles. The second kappa shape index (κ2) is 9.78. The Kier molecular flexibility index (Phi) is 6.16. The standard InChI is InChI=1S/C29H27FN6O2/c1-2-4-26(37)35-14-3-5-20(17-35)27-24-11-13-33-29(31)36(24)28(34-27)22-9-8-21(16-23(22)30)38-25-15-19(10-12-32-25)18-6-7-18/h8-13,15-16,18,20H,3,5-7,14,17H2,1H3,(H2,31,33). The molecule has 2 N–H and O–H groups in total. The maximum Gasteiger partial charge on any atom is 0.298 e. The van der Waals surface area contributed by atoms with Gasteiger partial charge >= 0.3 is 0 Å². The van der Waals surface area contributed by atoms with Crippen LogP contribution in [0.4, 0.5) is 10.3 Å². The van der Waals surface area contributed by atoms with Gasteiger partial charge in [-0.2, -0.15) is 0 Å². The number of hydrogen-bond donors (Lipinski definition) is 1. The summed E-state index contributed by atoms with van der Waals surface area (Å²) < 4.78 is 23.1. The second-order valence-electron chi connectivity index (χ2n) is 9.76. The fourth-order valence-electron chi connectivity index (χ4n) is 5.15. The first kappa shape index (κ1) is 23.9. The lowest BCUT2D eigenvalue weighted by Crippen LogP contribution is -2.38. The molecule has 1 amide bonds. The predicted molar refractivity (Wildman–Crippen MR) is 141 cm³/mol. The van der Waals surface area contributed by atoms with E-state index in [-0.39, 0.29) is 23.3 Å². The molecular formula is C29H27FN6O2. The SMILES string of the molecule is CC#CC(=O)N1CCCC(c2nc(-c3ccc(Oc4cc(C5CC5)ccn4)cc3F)n3c(N)nccc23)C1. The molecule has 6 rings (SSSR count). The Labute approximate surface area is 219 Å². The quantitative estimate of drug-likeness (QED) is 0.383. The fraction of sp³-hybridized carbons (Fsp3) is 0.310. The Balaban J connectivity index is 1.33. The minimum Gasteiger partial charge on any atom is -0.439 e. The molecule has 192 valence electrons. The summed E-state index contributed by atoms with van der Waals surface area (Å²) in [6, 6.07) is 10.4. The van der Waals surface area contributed by atoms with Gasteiger partial charge in [0.2, 0.25) is 11.8 Å². The zero-order chi connectivity index (χ0) is 26.2. The van der Waals surface area contributed by atoms with Gasteiger partial charge in [-0.05, 0) is 74.3 Å². The molecule has 3 aromatic heterocycles. The number of amides is 1. The van der Waals surface area contributed by atoms with Crippen molar-refractivity contribution in [3.05, 3.63) is 65.9 Å². The van der Waals surface area contributed by atoms with E-state index < -0.39 is 5.82 Å². The van der Waals surface area contributed by atoms with Gasteiger partial charge in [0.25, 0.3) is 5.91 Å². The monoisotopic (exact) mass is 510 g/mol. The molecule has 1 atom stereocenters. The van der Waals surface area contributed by atoms with Crippen LogP contribution in [0.5, 0.6) is 11.6 Å². The molecule has 4 aromatic rings. The summed E-state index contributed by atoms with van der Waals surface area (Å²) in [4.78, 5) is 27.5. The number of benzene rings is 1. The molecule has 8 nitrogen and oxygen atoms in total. The van der Waals surface area contributed by atoms with Gasteiger partial charge in [-0.3, -0.25) is 9.20 Å². The number of likely N-dealkylation sites (tertiary alicyclic amines) is 1. The van der Waals surface area contributed by atoms with Crippen molar-refractivity contribution in [3.8, 4) is 34.9 Å². The molecule has 0 bridgehead atoms. The van der Waals surface area contributed by atoms with E-state index in [2.05, 4.69) is 21.8 Å². The number of anilines is 1. The van der Waals surface area contributed by atoms with Crippen molar-refractivity contribution >= 4 is 17.4 Å². The highest BCUT2D eigenvalue weighted by Crippen LogP contribution is 2.41. The fourth-order valence-corrected chi connectivity index (χ4v) is 5.15. The molecule has 38 heavy (non-hydrogen) atoms. The van der Waals surface area contributed by atoms with Gasteiger partial charge < -0.3 is 15.4 Å². The molecule has 1 aromatic carbocycles. The number of aromatic nitrogens is 4. The van der Waals surface area contributed by atoms with Crippen molar-refractivity contribution in [3.63, 3.8) is 0 Å². The minimum absolute atomic E-state index is 0.0348. The largest absolute Gasteiger partial charge is 0.439 e. The number of imidazole rings is 1. The van der Waals surface area contributed by atoms with E-state index in [9.17, 15) is 4.79 Å². The first-order chi connectivity index (χ1) is 18.5. The average Bonchev–Trinajstić information content (AvgIpc) is 3.70. The van der Waals surface area contributed by atoms with E-state index in [4.69, 9.17) is 15.5 Å². The zero-order valence-corrected chi connectivity index (χ0v) is 21.0. The molecular weight excluding hydrogens is 483 g/mol. The summed E-state index contributed by atoms with van der Waals surface area (Å²) in [5, 5.41) is 0. The molecule has 1 aliphatic carbocycles. The summed E-state index contributed by atoms with van der Waals surface area (Å²) in [6.07, 6.45) is 7.35. The van der Waals surface area contributed by atoms with Crippen LogP contribution in [0.25, 0.3) is 16.9 Å². The minimum atomic E-state index is -0.499. The lowest BCUT2D eigenvalue weighted by atomic mass is 9.94. The van der Waals surface area contributed by atoms with Crippen molar-refractivity contribution in [1.82, 2.24) is 24.3 Å². The third-order valence-corrected chi connectivity index (χ3v) is 7.15. The number of carbonyl (C=O) groups is 1. The highest BCUT2D eigenvalue weighted by atomic mass is 19.1. The number of ether oxygens (including phenoxy) is 1. The van der Waals surface area contributed by atoms with Crippen LogP contribution in [0.3, 0.4) is 0 Å². The summed E-state index contributed by atoms with van der Waals surface area (Å²) in [5.41, 5.74) is 9.22.